The Labute approximate surface area is 187 Å². The van der Waals surface area contributed by atoms with Gasteiger partial charge in [-0.05, 0) is 40.2 Å². The number of rotatable bonds is 9. The number of nitrogens with one attached hydrogen (secondary N) is 1. The first-order valence-corrected chi connectivity index (χ1v) is 9.30. The zero-order chi connectivity index (χ0) is 25.2. The first-order valence-electron chi connectivity index (χ1n) is 8.50. The molecule has 6 nitrogen and oxygen atoms in total. The lowest BCUT2D eigenvalue weighted by atomic mass is 10.1. The van der Waals surface area contributed by atoms with Crippen LogP contribution in [0.5, 0.6) is 5.75 Å². The van der Waals surface area contributed by atoms with E-state index in [0.29, 0.717) is 16.6 Å². The van der Waals surface area contributed by atoms with E-state index in [4.69, 9.17) is 0 Å². The molecule has 0 saturated carbocycles. The van der Waals surface area contributed by atoms with E-state index in [1.54, 1.807) is 18.2 Å². The van der Waals surface area contributed by atoms with Crippen LogP contribution in [0, 0.1) is 10.1 Å². The lowest BCUT2D eigenvalue weighted by Crippen LogP contribution is -2.59. The van der Waals surface area contributed by atoms with Gasteiger partial charge in [-0.2, -0.15) is 26.3 Å². The number of nitro benzene ring substituents is 1. The molecule has 0 unspecified atom stereocenters. The minimum atomic E-state index is -6.54. The molecule has 0 spiro atoms. The molecule has 0 aliphatic heterocycles. The molecule has 180 valence electrons. The van der Waals surface area contributed by atoms with Crippen molar-refractivity contribution in [3.63, 3.8) is 0 Å². The maximum absolute atomic E-state index is 13.6. The summed E-state index contributed by atoms with van der Waals surface area (Å²) in [4.78, 5) is 22.3. The number of hydrogen-bond acceptors (Lipinski definition) is 4. The average Bonchev–Trinajstić information content (AvgIpc) is 2.73. The van der Waals surface area contributed by atoms with Crippen molar-refractivity contribution in [3.8, 4) is 5.75 Å². The topological polar surface area (TPSA) is 81.5 Å². The molecule has 0 fully saturated rings. The van der Waals surface area contributed by atoms with Gasteiger partial charge in [0.15, 0.2) is 12.4 Å². The van der Waals surface area contributed by atoms with E-state index in [2.05, 4.69) is 26.0 Å². The van der Waals surface area contributed by atoms with E-state index < -0.39 is 53.1 Å². The number of ether oxygens (including phenoxy) is 1. The highest BCUT2D eigenvalue weighted by Crippen LogP contribution is 2.48. The Balaban J connectivity index is 2.27. The average molecular weight is 551 g/mol. The molecule has 1 N–H and O–H groups in total. The van der Waals surface area contributed by atoms with Crippen LogP contribution < -0.4 is 10.1 Å². The monoisotopic (exact) mass is 550 g/mol. The van der Waals surface area contributed by atoms with Crippen LogP contribution in [0.2, 0.25) is 0 Å². The zero-order valence-corrected chi connectivity index (χ0v) is 17.4. The molecule has 0 bridgehead atoms. The molecule has 0 atom stereocenters. The molecule has 2 aromatic rings. The number of carbonyl (C=O) groups excluding carboxylic acids is 1. The molecule has 0 aromatic heterocycles. The molecule has 0 aliphatic carbocycles. The van der Waals surface area contributed by atoms with Gasteiger partial charge in [-0.1, -0.05) is 12.1 Å². The molecule has 33 heavy (non-hydrogen) atoms. The van der Waals surface area contributed by atoms with E-state index in [-0.39, 0.29) is 11.3 Å². The predicted octanol–water partition coefficient (Wildman–Crippen LogP) is 6.16. The largest absolute Gasteiger partial charge is 0.480 e. The molecule has 0 saturated heterocycles. The summed E-state index contributed by atoms with van der Waals surface area (Å²) < 4.78 is 109. The highest BCUT2D eigenvalue weighted by atomic mass is 79.9. The SMILES string of the molecule is O=C(Nc1ccccc1Br)c1ccc(OCC(F)(F)C(F)(F)C(F)(F)C(F)F)c([N+](=O)[O-])c1. The number of anilines is 1. The molecular weight excluding hydrogens is 540 g/mol. The van der Waals surface area contributed by atoms with E-state index >= 15 is 0 Å². The van der Waals surface area contributed by atoms with Crippen molar-refractivity contribution in [1.29, 1.82) is 0 Å². The second kappa shape index (κ2) is 9.49. The second-order valence-electron chi connectivity index (χ2n) is 6.36. The number of alkyl halides is 8. The van der Waals surface area contributed by atoms with Crippen molar-refractivity contribution >= 4 is 33.2 Å². The Morgan fingerprint density at radius 2 is 1.70 bits per heavy atom. The van der Waals surface area contributed by atoms with Gasteiger partial charge >= 0.3 is 29.9 Å². The number of halogens is 9. The maximum Gasteiger partial charge on any atom is 0.381 e. The van der Waals surface area contributed by atoms with Gasteiger partial charge in [-0.25, -0.2) is 8.78 Å². The van der Waals surface area contributed by atoms with Crippen molar-refractivity contribution in [1.82, 2.24) is 0 Å². The molecule has 2 rings (SSSR count). The van der Waals surface area contributed by atoms with E-state index in [0.717, 1.165) is 6.07 Å². The molecular formula is C18H11BrF8N2O4. The first-order chi connectivity index (χ1) is 15.1. The van der Waals surface area contributed by atoms with Gasteiger partial charge in [0.25, 0.3) is 5.91 Å². The van der Waals surface area contributed by atoms with Gasteiger partial charge < -0.3 is 10.1 Å². The summed E-state index contributed by atoms with van der Waals surface area (Å²) in [5.74, 6) is -20.7. The Morgan fingerprint density at radius 1 is 1.09 bits per heavy atom. The minimum absolute atomic E-state index is 0.271. The maximum atomic E-state index is 13.6. The van der Waals surface area contributed by atoms with Gasteiger partial charge in [0.2, 0.25) is 0 Å². The quantitative estimate of drug-likeness (QED) is 0.230. The first kappa shape index (κ1) is 26.3. The van der Waals surface area contributed by atoms with Crippen molar-refractivity contribution in [3.05, 3.63) is 62.6 Å². The molecule has 0 radical (unpaired) electrons. The van der Waals surface area contributed by atoms with Crippen LogP contribution in [-0.4, -0.2) is 41.6 Å². The van der Waals surface area contributed by atoms with Crippen LogP contribution in [0.3, 0.4) is 0 Å². The third kappa shape index (κ3) is 5.34. The van der Waals surface area contributed by atoms with Gasteiger partial charge in [0.1, 0.15) is 0 Å². The van der Waals surface area contributed by atoms with E-state index in [1.165, 1.54) is 6.07 Å². The van der Waals surface area contributed by atoms with Crippen molar-refractivity contribution in [2.75, 3.05) is 11.9 Å². The summed E-state index contributed by atoms with van der Waals surface area (Å²) >= 11 is 3.15. The van der Waals surface area contributed by atoms with Crippen molar-refractivity contribution < 1.29 is 49.6 Å². The lowest BCUT2D eigenvalue weighted by molar-refractivity contribution is -0.386. The Hall–Kier alpha value is -2.97. The molecule has 0 aliphatic rings. The summed E-state index contributed by atoms with van der Waals surface area (Å²) in [6, 6.07) is 8.24. The highest BCUT2D eigenvalue weighted by Gasteiger charge is 2.75. The molecule has 1 amide bonds. The van der Waals surface area contributed by atoms with Gasteiger partial charge in [0.05, 0.1) is 10.6 Å². The summed E-state index contributed by atoms with van der Waals surface area (Å²) in [6.07, 6.45) is -5.12. The molecule has 0 heterocycles. The number of nitro groups is 1. The summed E-state index contributed by atoms with van der Waals surface area (Å²) in [5, 5.41) is 13.6. The fourth-order valence-electron chi connectivity index (χ4n) is 2.32. The van der Waals surface area contributed by atoms with Gasteiger partial charge in [0, 0.05) is 16.1 Å². The number of hydrogen-bond donors (Lipinski definition) is 1. The third-order valence-electron chi connectivity index (χ3n) is 4.10. The zero-order valence-electron chi connectivity index (χ0n) is 15.8. The summed E-state index contributed by atoms with van der Waals surface area (Å²) in [5.41, 5.74) is -1.24. The van der Waals surface area contributed by atoms with E-state index in [1.807, 2.05) is 0 Å². The van der Waals surface area contributed by atoms with Crippen molar-refractivity contribution in [2.45, 2.75) is 24.2 Å². The van der Waals surface area contributed by atoms with Gasteiger partial charge in [-0.3, -0.25) is 14.9 Å². The Morgan fingerprint density at radius 3 is 2.24 bits per heavy atom. The summed E-state index contributed by atoms with van der Waals surface area (Å²) in [6.45, 7) is -2.59. The number of benzene rings is 2. The highest BCUT2D eigenvalue weighted by molar-refractivity contribution is 9.10. The van der Waals surface area contributed by atoms with E-state index in [9.17, 15) is 50.0 Å². The fraction of sp³-hybridized carbons (Fsp3) is 0.278. The minimum Gasteiger partial charge on any atom is -0.480 e. The van der Waals surface area contributed by atoms with Crippen LogP contribution in [0.15, 0.2) is 46.9 Å². The number of amides is 1. The van der Waals surface area contributed by atoms with Crippen LogP contribution in [-0.2, 0) is 0 Å². The smallest absolute Gasteiger partial charge is 0.381 e. The van der Waals surface area contributed by atoms with Gasteiger partial charge in [-0.15, -0.1) is 0 Å². The number of carbonyl (C=O) groups is 1. The Bertz CT molecular complexity index is 1050. The second-order valence-corrected chi connectivity index (χ2v) is 7.22. The number of nitrogens with zero attached hydrogens (tertiary/aromatic N) is 1. The molecule has 15 heteroatoms. The Kier molecular flexibility index (Phi) is 7.56. The third-order valence-corrected chi connectivity index (χ3v) is 4.79. The lowest BCUT2D eigenvalue weighted by Gasteiger charge is -2.31. The van der Waals surface area contributed by atoms with Crippen LogP contribution in [0.4, 0.5) is 46.5 Å². The van der Waals surface area contributed by atoms with Crippen LogP contribution in [0.1, 0.15) is 10.4 Å². The van der Waals surface area contributed by atoms with Crippen LogP contribution in [0.25, 0.3) is 0 Å². The van der Waals surface area contributed by atoms with Crippen molar-refractivity contribution in [2.24, 2.45) is 0 Å². The van der Waals surface area contributed by atoms with Crippen LogP contribution >= 0.6 is 15.9 Å². The predicted molar refractivity (Wildman–Crippen MR) is 102 cm³/mol. The standard InChI is InChI=1S/C18H11BrF8N2O4/c19-10-3-1-2-4-11(10)28-14(30)9-5-6-13(12(7-9)29(31)32)33-8-16(22,23)18(26,27)17(24,25)15(20)21/h1-7,15H,8H2,(H,28,30). The normalized spacial score (nSPS) is 12.5. The summed E-state index contributed by atoms with van der Waals surface area (Å²) in [7, 11) is 0. The fourth-order valence-corrected chi connectivity index (χ4v) is 2.70. The molecule has 2 aromatic carbocycles. The number of para-hydroxylation sites is 1.